The third kappa shape index (κ3) is 3.26. The molecule has 1 aliphatic rings. The van der Waals surface area contributed by atoms with Crippen LogP contribution in [-0.4, -0.2) is 38.2 Å². The largest absolute Gasteiger partial charge is 0.497 e. The number of benzene rings is 1. The van der Waals surface area contributed by atoms with Gasteiger partial charge in [-0.2, -0.15) is 0 Å². The molecule has 0 N–H and O–H groups in total. The van der Waals surface area contributed by atoms with E-state index in [0.717, 1.165) is 37.2 Å². The SMILES string of the molecule is COC(=O)[C@H](c1ccc(OC)cc1)N1CCCCC1. The summed E-state index contributed by atoms with van der Waals surface area (Å²) in [6.07, 6.45) is 3.53. The zero-order chi connectivity index (χ0) is 13.7. The zero-order valence-corrected chi connectivity index (χ0v) is 11.6. The summed E-state index contributed by atoms with van der Waals surface area (Å²) >= 11 is 0. The minimum absolute atomic E-state index is 0.188. The van der Waals surface area contributed by atoms with Crippen LogP contribution in [0, 0.1) is 0 Å². The number of hydrogen-bond acceptors (Lipinski definition) is 4. The molecule has 4 nitrogen and oxygen atoms in total. The molecular weight excluding hydrogens is 242 g/mol. The van der Waals surface area contributed by atoms with Crippen molar-refractivity contribution in [2.45, 2.75) is 25.3 Å². The number of methoxy groups -OCH3 is 2. The normalized spacial score (nSPS) is 17.8. The van der Waals surface area contributed by atoms with Crippen LogP contribution in [-0.2, 0) is 9.53 Å². The highest BCUT2D eigenvalue weighted by Gasteiger charge is 2.29. The van der Waals surface area contributed by atoms with Crippen molar-refractivity contribution in [2.75, 3.05) is 27.3 Å². The van der Waals surface area contributed by atoms with Crippen molar-refractivity contribution in [3.05, 3.63) is 29.8 Å². The van der Waals surface area contributed by atoms with Crippen LogP contribution in [0.1, 0.15) is 30.9 Å². The summed E-state index contributed by atoms with van der Waals surface area (Å²) in [5.41, 5.74) is 0.967. The third-order valence-corrected chi connectivity index (χ3v) is 3.61. The molecule has 1 aromatic rings. The van der Waals surface area contributed by atoms with Gasteiger partial charge in [0.05, 0.1) is 14.2 Å². The molecule has 0 radical (unpaired) electrons. The zero-order valence-electron chi connectivity index (χ0n) is 11.6. The molecule has 0 saturated carbocycles. The standard InChI is InChI=1S/C15H21NO3/c1-18-13-8-6-12(7-9-13)14(15(17)19-2)16-10-4-3-5-11-16/h6-9,14H,3-5,10-11H2,1-2H3/t14-/m0/s1. The first-order valence-corrected chi connectivity index (χ1v) is 6.72. The molecule has 0 spiro atoms. The van der Waals surface area contributed by atoms with Gasteiger partial charge in [0.15, 0.2) is 0 Å². The van der Waals surface area contributed by atoms with E-state index in [9.17, 15) is 4.79 Å². The maximum atomic E-state index is 12.1. The Morgan fingerprint density at radius 3 is 2.26 bits per heavy atom. The Morgan fingerprint density at radius 1 is 1.11 bits per heavy atom. The molecule has 104 valence electrons. The molecule has 1 aliphatic heterocycles. The number of esters is 1. The van der Waals surface area contributed by atoms with Gasteiger partial charge in [-0.1, -0.05) is 18.6 Å². The molecule has 1 heterocycles. The van der Waals surface area contributed by atoms with Crippen LogP contribution in [0.3, 0.4) is 0 Å². The lowest BCUT2D eigenvalue weighted by Gasteiger charge is -2.33. The predicted octanol–water partition coefficient (Wildman–Crippen LogP) is 2.40. The second-order valence-electron chi connectivity index (χ2n) is 4.80. The average Bonchev–Trinajstić information content (AvgIpc) is 2.49. The van der Waals surface area contributed by atoms with Crippen molar-refractivity contribution in [1.29, 1.82) is 0 Å². The second-order valence-corrected chi connectivity index (χ2v) is 4.80. The van der Waals surface area contributed by atoms with E-state index in [-0.39, 0.29) is 12.0 Å². The molecule has 0 aliphatic carbocycles. The Bertz CT molecular complexity index is 410. The maximum absolute atomic E-state index is 12.1. The summed E-state index contributed by atoms with van der Waals surface area (Å²) in [5, 5.41) is 0. The van der Waals surface area contributed by atoms with Crippen LogP contribution in [0.25, 0.3) is 0 Å². The first-order valence-electron chi connectivity index (χ1n) is 6.72. The summed E-state index contributed by atoms with van der Waals surface area (Å²) in [4.78, 5) is 14.3. The predicted molar refractivity (Wildman–Crippen MR) is 73.2 cm³/mol. The number of hydrogen-bond donors (Lipinski definition) is 0. The molecular formula is C15H21NO3. The smallest absolute Gasteiger partial charge is 0.327 e. The van der Waals surface area contributed by atoms with Crippen molar-refractivity contribution < 1.29 is 14.3 Å². The number of ether oxygens (including phenoxy) is 2. The van der Waals surface area contributed by atoms with E-state index in [0.29, 0.717) is 0 Å². The molecule has 1 aromatic carbocycles. The summed E-state index contributed by atoms with van der Waals surface area (Å²) in [7, 11) is 3.08. The number of piperidine rings is 1. The molecule has 4 heteroatoms. The molecule has 0 bridgehead atoms. The minimum atomic E-state index is -0.295. The Labute approximate surface area is 114 Å². The van der Waals surface area contributed by atoms with Crippen LogP contribution in [0.2, 0.25) is 0 Å². The molecule has 0 unspecified atom stereocenters. The fraction of sp³-hybridized carbons (Fsp3) is 0.533. The fourth-order valence-electron chi connectivity index (χ4n) is 2.57. The molecule has 2 rings (SSSR count). The van der Waals surface area contributed by atoms with Crippen molar-refractivity contribution in [1.82, 2.24) is 4.90 Å². The second kappa shape index (κ2) is 6.57. The van der Waals surface area contributed by atoms with Gasteiger partial charge in [0.2, 0.25) is 0 Å². The number of rotatable bonds is 4. The van der Waals surface area contributed by atoms with Gasteiger partial charge in [-0.3, -0.25) is 4.90 Å². The maximum Gasteiger partial charge on any atom is 0.327 e. The van der Waals surface area contributed by atoms with Gasteiger partial charge in [-0.05, 0) is 43.6 Å². The van der Waals surface area contributed by atoms with Gasteiger partial charge in [-0.15, -0.1) is 0 Å². The number of carbonyl (C=O) groups excluding carboxylic acids is 1. The van der Waals surface area contributed by atoms with Crippen molar-refractivity contribution in [3.8, 4) is 5.75 Å². The van der Waals surface area contributed by atoms with Crippen molar-refractivity contribution in [3.63, 3.8) is 0 Å². The highest BCUT2D eigenvalue weighted by atomic mass is 16.5. The summed E-state index contributed by atoms with van der Waals surface area (Å²) < 4.78 is 10.1. The summed E-state index contributed by atoms with van der Waals surface area (Å²) in [5.74, 6) is 0.609. The Balaban J connectivity index is 2.22. The van der Waals surface area contributed by atoms with E-state index in [1.165, 1.54) is 13.5 Å². The number of carbonyl (C=O) groups is 1. The topological polar surface area (TPSA) is 38.8 Å². The Kier molecular flexibility index (Phi) is 4.80. The average molecular weight is 263 g/mol. The Hall–Kier alpha value is -1.55. The van der Waals surface area contributed by atoms with Crippen LogP contribution in [0.5, 0.6) is 5.75 Å². The van der Waals surface area contributed by atoms with E-state index in [4.69, 9.17) is 9.47 Å². The minimum Gasteiger partial charge on any atom is -0.497 e. The quantitative estimate of drug-likeness (QED) is 0.782. The lowest BCUT2D eigenvalue weighted by Crippen LogP contribution is -2.38. The van der Waals surface area contributed by atoms with E-state index in [1.54, 1.807) is 7.11 Å². The van der Waals surface area contributed by atoms with Gasteiger partial charge < -0.3 is 9.47 Å². The monoisotopic (exact) mass is 263 g/mol. The van der Waals surface area contributed by atoms with Crippen LogP contribution in [0.4, 0.5) is 0 Å². The van der Waals surface area contributed by atoms with Gasteiger partial charge in [-0.25, -0.2) is 4.79 Å². The van der Waals surface area contributed by atoms with E-state index in [1.807, 2.05) is 24.3 Å². The summed E-state index contributed by atoms with van der Waals surface area (Å²) in [6, 6.07) is 7.35. The summed E-state index contributed by atoms with van der Waals surface area (Å²) in [6.45, 7) is 1.90. The van der Waals surface area contributed by atoms with Gasteiger partial charge >= 0.3 is 5.97 Å². The fourth-order valence-corrected chi connectivity index (χ4v) is 2.57. The van der Waals surface area contributed by atoms with Crippen molar-refractivity contribution >= 4 is 5.97 Å². The van der Waals surface area contributed by atoms with Crippen LogP contribution in [0.15, 0.2) is 24.3 Å². The van der Waals surface area contributed by atoms with Gasteiger partial charge in [0, 0.05) is 0 Å². The molecule has 0 amide bonds. The highest BCUT2D eigenvalue weighted by molar-refractivity contribution is 5.77. The van der Waals surface area contributed by atoms with E-state index in [2.05, 4.69) is 4.90 Å². The molecule has 1 saturated heterocycles. The van der Waals surface area contributed by atoms with Crippen LogP contribution < -0.4 is 4.74 Å². The van der Waals surface area contributed by atoms with Crippen molar-refractivity contribution in [2.24, 2.45) is 0 Å². The first kappa shape index (κ1) is 13.9. The molecule has 1 fully saturated rings. The highest BCUT2D eigenvalue weighted by Crippen LogP contribution is 2.27. The first-order chi connectivity index (χ1) is 9.26. The van der Waals surface area contributed by atoms with Gasteiger partial charge in [0.25, 0.3) is 0 Å². The van der Waals surface area contributed by atoms with E-state index < -0.39 is 0 Å². The number of likely N-dealkylation sites (tertiary alicyclic amines) is 1. The van der Waals surface area contributed by atoms with Crippen LogP contribution >= 0.6 is 0 Å². The van der Waals surface area contributed by atoms with Gasteiger partial charge in [0.1, 0.15) is 11.8 Å². The lowest BCUT2D eigenvalue weighted by molar-refractivity contribution is -0.147. The van der Waals surface area contributed by atoms with E-state index >= 15 is 0 Å². The molecule has 0 aromatic heterocycles. The third-order valence-electron chi connectivity index (χ3n) is 3.61. The molecule has 19 heavy (non-hydrogen) atoms. The molecule has 1 atom stereocenters. The Morgan fingerprint density at radius 2 is 1.74 bits per heavy atom. The lowest BCUT2D eigenvalue weighted by atomic mass is 10.0. The number of nitrogens with zero attached hydrogens (tertiary/aromatic N) is 1.